The highest BCUT2D eigenvalue weighted by molar-refractivity contribution is 7.07. The van der Waals surface area contributed by atoms with E-state index in [1.807, 2.05) is 5.51 Å². The molecule has 0 saturated heterocycles. The van der Waals surface area contributed by atoms with Gasteiger partial charge in [0.15, 0.2) is 0 Å². The summed E-state index contributed by atoms with van der Waals surface area (Å²) in [6.07, 6.45) is 8.39. The van der Waals surface area contributed by atoms with E-state index >= 15 is 0 Å². The average molecular weight is 238 g/mol. The lowest BCUT2D eigenvalue weighted by atomic mass is 9.90. The van der Waals surface area contributed by atoms with Crippen molar-refractivity contribution in [3.05, 3.63) is 16.6 Å². The van der Waals surface area contributed by atoms with Crippen LogP contribution in [0.1, 0.15) is 57.2 Å². The summed E-state index contributed by atoms with van der Waals surface area (Å²) in [6.45, 7) is 3.23. The highest BCUT2D eigenvalue weighted by Gasteiger charge is 2.24. The zero-order chi connectivity index (χ0) is 11.2. The van der Waals surface area contributed by atoms with E-state index in [-0.39, 0.29) is 0 Å². The van der Waals surface area contributed by atoms with Crippen LogP contribution in [0.4, 0.5) is 0 Å². The van der Waals surface area contributed by atoms with Gasteiger partial charge in [-0.15, -0.1) is 11.3 Å². The van der Waals surface area contributed by atoms with Crippen molar-refractivity contribution in [2.45, 2.75) is 51.5 Å². The minimum absolute atomic E-state index is 0.495. The molecule has 1 heterocycles. The second-order valence-electron chi connectivity index (χ2n) is 4.70. The van der Waals surface area contributed by atoms with E-state index in [1.54, 1.807) is 11.3 Å². The van der Waals surface area contributed by atoms with Crippen molar-refractivity contribution >= 4 is 11.3 Å². The molecule has 1 fully saturated rings. The predicted octanol–water partition coefficient (Wildman–Crippen LogP) is 3.76. The molecule has 0 amide bonds. The summed E-state index contributed by atoms with van der Waals surface area (Å²) in [6, 6.07) is 0.495. The van der Waals surface area contributed by atoms with Gasteiger partial charge in [0.05, 0.1) is 17.2 Å². The van der Waals surface area contributed by atoms with E-state index in [0.29, 0.717) is 6.04 Å². The Bertz CT molecular complexity index is 276. The minimum Gasteiger partial charge on any atom is -0.309 e. The number of hydrogen-bond acceptors (Lipinski definition) is 3. The monoisotopic (exact) mass is 238 g/mol. The maximum Gasteiger partial charge on any atom is 0.0795 e. The Hall–Kier alpha value is -0.410. The molecule has 16 heavy (non-hydrogen) atoms. The van der Waals surface area contributed by atoms with Crippen molar-refractivity contribution in [2.75, 3.05) is 6.54 Å². The fourth-order valence-electron chi connectivity index (χ4n) is 2.75. The van der Waals surface area contributed by atoms with Gasteiger partial charge < -0.3 is 5.32 Å². The van der Waals surface area contributed by atoms with Gasteiger partial charge in [0.2, 0.25) is 0 Å². The zero-order valence-corrected chi connectivity index (χ0v) is 10.9. The highest BCUT2D eigenvalue weighted by atomic mass is 32.1. The van der Waals surface area contributed by atoms with E-state index in [0.717, 1.165) is 12.5 Å². The maximum absolute atomic E-state index is 4.50. The molecule has 1 atom stereocenters. The largest absolute Gasteiger partial charge is 0.309 e. The molecule has 90 valence electrons. The van der Waals surface area contributed by atoms with Gasteiger partial charge in [-0.1, -0.05) is 32.6 Å². The Morgan fingerprint density at radius 1 is 1.38 bits per heavy atom. The summed E-state index contributed by atoms with van der Waals surface area (Å²) in [4.78, 5) is 4.50. The summed E-state index contributed by atoms with van der Waals surface area (Å²) < 4.78 is 0. The Morgan fingerprint density at radius 3 is 2.69 bits per heavy atom. The molecule has 2 rings (SSSR count). The first-order valence-electron chi connectivity index (χ1n) is 6.53. The van der Waals surface area contributed by atoms with Crippen molar-refractivity contribution < 1.29 is 0 Å². The lowest BCUT2D eigenvalue weighted by Crippen LogP contribution is -2.28. The van der Waals surface area contributed by atoms with Crippen LogP contribution < -0.4 is 5.32 Å². The van der Waals surface area contributed by atoms with Crippen LogP contribution in [-0.2, 0) is 0 Å². The van der Waals surface area contributed by atoms with Crippen molar-refractivity contribution in [1.82, 2.24) is 10.3 Å². The average Bonchev–Trinajstić information content (AvgIpc) is 2.69. The van der Waals surface area contributed by atoms with E-state index < -0.39 is 0 Å². The van der Waals surface area contributed by atoms with E-state index in [4.69, 9.17) is 0 Å². The summed E-state index contributed by atoms with van der Waals surface area (Å²) in [5.41, 5.74) is 3.22. The second-order valence-corrected chi connectivity index (χ2v) is 5.42. The van der Waals surface area contributed by atoms with Crippen LogP contribution in [0.3, 0.4) is 0 Å². The topological polar surface area (TPSA) is 24.9 Å². The zero-order valence-electron chi connectivity index (χ0n) is 10.1. The second kappa shape index (κ2) is 6.36. The summed E-state index contributed by atoms with van der Waals surface area (Å²) in [7, 11) is 0. The van der Waals surface area contributed by atoms with Crippen LogP contribution in [0.25, 0.3) is 0 Å². The maximum atomic E-state index is 4.50. The van der Waals surface area contributed by atoms with Gasteiger partial charge in [-0.3, -0.25) is 0 Å². The molecule has 1 aromatic heterocycles. The number of hydrogen-bond donors (Lipinski definition) is 1. The van der Waals surface area contributed by atoms with E-state index in [9.17, 15) is 0 Å². The highest BCUT2D eigenvalue weighted by Crippen LogP contribution is 2.33. The summed E-state index contributed by atoms with van der Waals surface area (Å²) in [5.74, 6) is 0.796. The molecule has 1 aliphatic carbocycles. The lowest BCUT2D eigenvalue weighted by molar-refractivity contribution is 0.325. The SMILES string of the molecule is CCNC(c1cscn1)C1CCCCCC1. The van der Waals surface area contributed by atoms with Gasteiger partial charge in [0.25, 0.3) is 0 Å². The number of rotatable bonds is 4. The molecule has 0 aliphatic heterocycles. The first-order valence-corrected chi connectivity index (χ1v) is 7.47. The number of nitrogens with one attached hydrogen (secondary N) is 1. The smallest absolute Gasteiger partial charge is 0.0795 e. The summed E-state index contributed by atoms with van der Waals surface area (Å²) in [5, 5.41) is 5.83. The standard InChI is InChI=1S/C13H22N2S/c1-2-14-13(12-9-16-10-15-12)11-7-5-3-4-6-8-11/h9-11,13-14H,2-8H2,1H3. The molecule has 0 spiro atoms. The normalized spacial score (nSPS) is 20.6. The van der Waals surface area contributed by atoms with Gasteiger partial charge in [-0.25, -0.2) is 4.98 Å². The molecule has 1 saturated carbocycles. The van der Waals surface area contributed by atoms with Crippen LogP contribution in [-0.4, -0.2) is 11.5 Å². The predicted molar refractivity (Wildman–Crippen MR) is 69.7 cm³/mol. The molecule has 0 bridgehead atoms. The third-order valence-electron chi connectivity index (χ3n) is 3.57. The molecule has 1 unspecified atom stereocenters. The number of aromatic nitrogens is 1. The fraction of sp³-hybridized carbons (Fsp3) is 0.769. The molecule has 3 heteroatoms. The Kier molecular flexibility index (Phi) is 4.79. The van der Waals surface area contributed by atoms with Crippen molar-refractivity contribution in [3.63, 3.8) is 0 Å². The molecule has 0 radical (unpaired) electrons. The first kappa shape index (κ1) is 12.1. The molecule has 1 N–H and O–H groups in total. The van der Waals surface area contributed by atoms with E-state index in [1.165, 1.54) is 44.2 Å². The van der Waals surface area contributed by atoms with Crippen LogP contribution in [0.15, 0.2) is 10.9 Å². The van der Waals surface area contributed by atoms with Gasteiger partial charge in [0.1, 0.15) is 0 Å². The molecule has 0 aromatic carbocycles. The Morgan fingerprint density at radius 2 is 2.12 bits per heavy atom. The Balaban J connectivity index is 2.05. The fourth-order valence-corrected chi connectivity index (χ4v) is 3.34. The van der Waals surface area contributed by atoms with Crippen LogP contribution in [0.2, 0.25) is 0 Å². The third kappa shape index (κ3) is 3.05. The lowest BCUT2D eigenvalue weighted by Gasteiger charge is -2.25. The van der Waals surface area contributed by atoms with Gasteiger partial charge in [-0.05, 0) is 25.3 Å². The molecule has 2 nitrogen and oxygen atoms in total. The number of nitrogens with zero attached hydrogens (tertiary/aromatic N) is 1. The van der Waals surface area contributed by atoms with Crippen LogP contribution in [0.5, 0.6) is 0 Å². The van der Waals surface area contributed by atoms with Crippen molar-refractivity contribution in [2.24, 2.45) is 5.92 Å². The van der Waals surface area contributed by atoms with Crippen LogP contribution >= 0.6 is 11.3 Å². The number of thiazole rings is 1. The van der Waals surface area contributed by atoms with Crippen molar-refractivity contribution in [1.29, 1.82) is 0 Å². The summed E-state index contributed by atoms with van der Waals surface area (Å²) >= 11 is 1.71. The minimum atomic E-state index is 0.495. The molecule has 1 aliphatic rings. The van der Waals surface area contributed by atoms with Crippen molar-refractivity contribution in [3.8, 4) is 0 Å². The Labute approximate surface area is 102 Å². The third-order valence-corrected chi connectivity index (χ3v) is 4.17. The van der Waals surface area contributed by atoms with E-state index in [2.05, 4.69) is 22.6 Å². The van der Waals surface area contributed by atoms with Crippen LogP contribution in [0, 0.1) is 5.92 Å². The molecular formula is C13H22N2S. The quantitative estimate of drug-likeness (QED) is 0.808. The first-order chi connectivity index (χ1) is 7.92. The molecular weight excluding hydrogens is 216 g/mol. The van der Waals surface area contributed by atoms with Gasteiger partial charge >= 0.3 is 0 Å². The molecule has 1 aromatic rings. The van der Waals surface area contributed by atoms with Gasteiger partial charge in [0, 0.05) is 5.38 Å². The van der Waals surface area contributed by atoms with Gasteiger partial charge in [-0.2, -0.15) is 0 Å².